The van der Waals surface area contributed by atoms with Crippen molar-refractivity contribution >= 4 is 76.2 Å². The second kappa shape index (κ2) is 11.9. The average Bonchev–Trinajstić information content (AvgIpc) is 3.84. The molecule has 0 saturated heterocycles. The quantitative estimate of drug-likeness (QED) is 0.170. The fourth-order valence-corrected chi connectivity index (χ4v) is 8.58. The molecule has 0 fully saturated rings. The van der Waals surface area contributed by atoms with E-state index < -0.39 is 0 Å². The van der Waals surface area contributed by atoms with Crippen molar-refractivity contribution in [2.45, 2.75) is 0 Å². The van der Waals surface area contributed by atoms with Crippen LogP contribution in [0.15, 0.2) is 185 Å². The van der Waals surface area contributed by atoms with Crippen LogP contribution < -0.4 is 0 Å². The summed E-state index contributed by atoms with van der Waals surface area (Å²) in [6, 6.07) is 61.0. The van der Waals surface area contributed by atoms with E-state index in [0.717, 1.165) is 77.1 Å². The van der Waals surface area contributed by atoms with Crippen LogP contribution in [0.5, 0.6) is 0 Å². The summed E-state index contributed by atoms with van der Waals surface area (Å²) in [7, 11) is 0. The second-order valence-corrected chi connectivity index (χ2v) is 14.3. The molecule has 0 bridgehead atoms. The summed E-state index contributed by atoms with van der Waals surface area (Å²) in [5.74, 6) is 1.71. The van der Waals surface area contributed by atoms with Crippen LogP contribution in [0.1, 0.15) is 0 Å². The topological polar surface area (TPSA) is 65.0 Å². The monoisotopic (exact) mass is 715 g/mol. The highest BCUT2D eigenvalue weighted by Crippen LogP contribution is 2.44. The number of fused-ring (bicyclic) bond motifs is 11. The van der Waals surface area contributed by atoms with Gasteiger partial charge in [0.05, 0.1) is 0 Å². The van der Waals surface area contributed by atoms with Gasteiger partial charge < -0.3 is 8.83 Å². The first kappa shape index (κ1) is 30.8. The van der Waals surface area contributed by atoms with Crippen LogP contribution in [-0.2, 0) is 0 Å². The third kappa shape index (κ3) is 4.64. The Bertz CT molecular complexity index is 3550. The zero-order valence-electron chi connectivity index (χ0n) is 29.9. The van der Waals surface area contributed by atoms with E-state index in [9.17, 15) is 0 Å². The smallest absolute Gasteiger partial charge is 0.165 e. The Morgan fingerprint density at radius 2 is 0.911 bits per heavy atom. The van der Waals surface area contributed by atoms with E-state index in [0.29, 0.717) is 17.5 Å². The first-order chi connectivity index (χ1) is 27.7. The second-order valence-electron chi connectivity index (χ2n) is 14.3. The normalized spacial score (nSPS) is 11.9. The highest BCUT2D eigenvalue weighted by atomic mass is 16.3. The first-order valence-corrected chi connectivity index (χ1v) is 18.8. The molecule has 0 saturated carbocycles. The van der Waals surface area contributed by atoms with Crippen molar-refractivity contribution in [2.75, 3.05) is 0 Å². The van der Waals surface area contributed by atoms with Crippen LogP contribution in [0.4, 0.5) is 0 Å². The maximum Gasteiger partial charge on any atom is 0.165 e. The molecule has 0 unspecified atom stereocenters. The van der Waals surface area contributed by atoms with Gasteiger partial charge in [0, 0.05) is 38.2 Å². The molecule has 0 aliphatic carbocycles. The van der Waals surface area contributed by atoms with E-state index in [1.807, 2.05) is 54.6 Å². The Balaban J connectivity index is 1.18. The fourth-order valence-electron chi connectivity index (χ4n) is 8.58. The molecule has 56 heavy (non-hydrogen) atoms. The van der Waals surface area contributed by atoms with Gasteiger partial charge in [-0.2, -0.15) is 0 Å². The molecular formula is C51H29N3O2. The van der Waals surface area contributed by atoms with Crippen LogP contribution in [0.3, 0.4) is 0 Å². The summed E-state index contributed by atoms with van der Waals surface area (Å²) < 4.78 is 12.8. The van der Waals surface area contributed by atoms with Gasteiger partial charge in [-0.15, -0.1) is 0 Å². The molecule has 12 rings (SSSR count). The molecular weight excluding hydrogens is 687 g/mol. The maximum atomic E-state index is 6.46. The van der Waals surface area contributed by atoms with Gasteiger partial charge >= 0.3 is 0 Å². The largest absolute Gasteiger partial charge is 0.456 e. The van der Waals surface area contributed by atoms with E-state index in [2.05, 4.69) is 121 Å². The van der Waals surface area contributed by atoms with Crippen molar-refractivity contribution < 1.29 is 8.83 Å². The molecule has 260 valence electrons. The SMILES string of the molecule is c1ccc(-c2ccc3oc4ccccc4c3c2-c2nc(-c3ccc4c(ccc5ccc6ccccc6c54)c3)nc(-c3cccc4oc5ccccc5c34)n2)cc1. The van der Waals surface area contributed by atoms with Gasteiger partial charge in [0.2, 0.25) is 0 Å². The van der Waals surface area contributed by atoms with Gasteiger partial charge in [-0.3, -0.25) is 0 Å². The lowest BCUT2D eigenvalue weighted by Gasteiger charge is -2.14. The minimum Gasteiger partial charge on any atom is -0.456 e. The molecule has 3 heterocycles. The highest BCUT2D eigenvalue weighted by Gasteiger charge is 2.23. The van der Waals surface area contributed by atoms with Crippen LogP contribution >= 0.6 is 0 Å². The number of benzene rings is 9. The Labute approximate surface area is 320 Å². The maximum absolute atomic E-state index is 6.46. The van der Waals surface area contributed by atoms with Crippen molar-refractivity contribution in [3.05, 3.63) is 176 Å². The molecule has 12 aromatic rings. The summed E-state index contributed by atoms with van der Waals surface area (Å²) in [5, 5.41) is 11.2. The molecule has 0 spiro atoms. The van der Waals surface area contributed by atoms with Gasteiger partial charge in [0.15, 0.2) is 17.5 Å². The van der Waals surface area contributed by atoms with E-state index in [-0.39, 0.29) is 0 Å². The van der Waals surface area contributed by atoms with Gasteiger partial charge in [0.25, 0.3) is 0 Å². The first-order valence-electron chi connectivity index (χ1n) is 18.8. The van der Waals surface area contributed by atoms with Crippen molar-refractivity contribution in [1.29, 1.82) is 0 Å². The minimum atomic E-state index is 0.565. The third-order valence-corrected chi connectivity index (χ3v) is 11.1. The lowest BCUT2D eigenvalue weighted by molar-refractivity contribution is 0.668. The number of nitrogens with zero attached hydrogens (tertiary/aromatic N) is 3. The molecule has 0 aliphatic rings. The van der Waals surface area contributed by atoms with Crippen molar-refractivity contribution in [2.24, 2.45) is 0 Å². The summed E-state index contributed by atoms with van der Waals surface area (Å²) >= 11 is 0. The number of furan rings is 2. The lowest BCUT2D eigenvalue weighted by Crippen LogP contribution is -2.02. The summed E-state index contributed by atoms with van der Waals surface area (Å²) in [6.45, 7) is 0. The Hall–Kier alpha value is -7.63. The predicted molar refractivity (Wildman–Crippen MR) is 229 cm³/mol. The zero-order chi connectivity index (χ0) is 36.7. The lowest BCUT2D eigenvalue weighted by atomic mass is 9.94. The van der Waals surface area contributed by atoms with E-state index >= 15 is 0 Å². The van der Waals surface area contributed by atoms with Crippen LogP contribution in [0, 0.1) is 0 Å². The number of hydrogen-bond acceptors (Lipinski definition) is 5. The van der Waals surface area contributed by atoms with Gasteiger partial charge in [-0.1, -0.05) is 140 Å². The standard InChI is InChI=1S/C51H29N3O2/c1-2-11-30(12-3-1)36-27-28-44-47(39-16-7-9-19-42(39)56-44)48(36)51-53-49(52-50(54-51)40-17-10-20-43-46(40)38-15-6-8-18-41(38)55-43)34-25-26-37-33(29-34)24-23-32-22-21-31-13-4-5-14-35(31)45(32)37/h1-29H. The number of aromatic nitrogens is 3. The van der Waals surface area contributed by atoms with E-state index in [1.165, 1.54) is 26.9 Å². The molecule has 5 heteroatoms. The Morgan fingerprint density at radius 3 is 1.73 bits per heavy atom. The molecule has 3 aromatic heterocycles. The summed E-state index contributed by atoms with van der Waals surface area (Å²) in [4.78, 5) is 16.1. The molecule has 0 atom stereocenters. The predicted octanol–water partition coefficient (Wildman–Crippen LogP) is 13.8. The minimum absolute atomic E-state index is 0.565. The molecule has 0 aliphatic heterocycles. The molecule has 0 radical (unpaired) electrons. The fraction of sp³-hybridized carbons (Fsp3) is 0. The van der Waals surface area contributed by atoms with Gasteiger partial charge in [-0.05, 0) is 79.8 Å². The summed E-state index contributed by atoms with van der Waals surface area (Å²) in [6.07, 6.45) is 0. The van der Waals surface area contributed by atoms with Crippen LogP contribution in [0.25, 0.3) is 121 Å². The third-order valence-electron chi connectivity index (χ3n) is 11.1. The van der Waals surface area contributed by atoms with E-state index in [4.69, 9.17) is 23.8 Å². The number of hydrogen-bond donors (Lipinski definition) is 0. The number of para-hydroxylation sites is 2. The van der Waals surface area contributed by atoms with Crippen molar-refractivity contribution in [1.82, 2.24) is 15.0 Å². The van der Waals surface area contributed by atoms with Gasteiger partial charge in [-0.25, -0.2) is 15.0 Å². The zero-order valence-corrected chi connectivity index (χ0v) is 29.9. The molecule has 0 N–H and O–H groups in total. The Morgan fingerprint density at radius 1 is 0.304 bits per heavy atom. The Kier molecular flexibility index (Phi) is 6.56. The van der Waals surface area contributed by atoms with Crippen molar-refractivity contribution in [3.8, 4) is 45.3 Å². The van der Waals surface area contributed by atoms with Crippen molar-refractivity contribution in [3.63, 3.8) is 0 Å². The molecule has 9 aromatic carbocycles. The van der Waals surface area contributed by atoms with Gasteiger partial charge in [0.1, 0.15) is 22.3 Å². The average molecular weight is 716 g/mol. The number of rotatable bonds is 4. The molecule has 5 nitrogen and oxygen atoms in total. The van der Waals surface area contributed by atoms with Crippen LogP contribution in [-0.4, -0.2) is 15.0 Å². The van der Waals surface area contributed by atoms with E-state index in [1.54, 1.807) is 0 Å². The molecule has 0 amide bonds. The van der Waals surface area contributed by atoms with Crippen LogP contribution in [0.2, 0.25) is 0 Å². The highest BCUT2D eigenvalue weighted by molar-refractivity contribution is 6.21. The summed E-state index contributed by atoms with van der Waals surface area (Å²) in [5.41, 5.74) is 7.93.